The van der Waals surface area contributed by atoms with E-state index >= 15 is 0 Å². The molecule has 0 aliphatic heterocycles. The van der Waals surface area contributed by atoms with E-state index in [1.165, 1.54) is 0 Å². The van der Waals surface area contributed by atoms with Gasteiger partial charge in [-0.3, -0.25) is 0 Å². The summed E-state index contributed by atoms with van der Waals surface area (Å²) in [7, 11) is 0. The van der Waals surface area contributed by atoms with E-state index in [-0.39, 0.29) is 12.5 Å². The van der Waals surface area contributed by atoms with E-state index in [1.54, 1.807) is 13.8 Å². The summed E-state index contributed by atoms with van der Waals surface area (Å²) in [6.45, 7) is 1.97. The molecule has 7 heteroatoms. The number of hydrogen-bond acceptors (Lipinski definition) is 2. The first kappa shape index (κ1) is 14.6. The summed E-state index contributed by atoms with van der Waals surface area (Å²) in [5, 5.41) is 2.12. The highest BCUT2D eigenvalue weighted by Crippen LogP contribution is 2.34. The van der Waals surface area contributed by atoms with Gasteiger partial charge in [-0.15, -0.1) is 0 Å². The van der Waals surface area contributed by atoms with Gasteiger partial charge in [0.2, 0.25) is 0 Å². The van der Waals surface area contributed by atoms with Crippen molar-refractivity contribution in [2.45, 2.75) is 32.0 Å². The molecule has 0 aliphatic rings. The van der Waals surface area contributed by atoms with Gasteiger partial charge in [0, 0.05) is 12.6 Å². The summed E-state index contributed by atoms with van der Waals surface area (Å²) in [4.78, 5) is 0. The Bertz CT molecular complexity index is 190. The first-order chi connectivity index (χ1) is 6.62. The van der Waals surface area contributed by atoms with Crippen molar-refractivity contribution in [2.75, 3.05) is 13.1 Å². The van der Waals surface area contributed by atoms with Crippen molar-refractivity contribution in [1.29, 1.82) is 0 Å². The summed E-state index contributed by atoms with van der Waals surface area (Å²) in [5.74, 6) is -4.81. The molecule has 0 bridgehead atoms. The number of nitrogens with two attached hydrogens (primary N) is 1. The molecule has 0 radical (unpaired) electrons. The molecule has 1 unspecified atom stereocenters. The maximum absolute atomic E-state index is 12.5. The van der Waals surface area contributed by atoms with Crippen molar-refractivity contribution in [3.63, 3.8) is 0 Å². The fourth-order valence-corrected chi connectivity index (χ4v) is 0.951. The Kier molecular flexibility index (Phi) is 4.92. The van der Waals surface area contributed by atoms with Gasteiger partial charge in [0.25, 0.3) is 0 Å². The molecule has 0 amide bonds. The minimum atomic E-state index is -5.52. The minimum absolute atomic E-state index is 0.0194. The first-order valence-electron chi connectivity index (χ1n) is 4.50. The van der Waals surface area contributed by atoms with Crippen LogP contribution in [0, 0.1) is 5.92 Å². The monoisotopic (exact) mass is 234 g/mol. The van der Waals surface area contributed by atoms with Crippen LogP contribution in [0.15, 0.2) is 0 Å². The summed E-state index contributed by atoms with van der Waals surface area (Å²) in [6, 6.07) is -0.543. The number of hydrogen-bond donors (Lipinski definition) is 2. The average molecular weight is 234 g/mol. The van der Waals surface area contributed by atoms with Crippen LogP contribution in [0.2, 0.25) is 0 Å². The van der Waals surface area contributed by atoms with Crippen molar-refractivity contribution in [3.05, 3.63) is 0 Å². The van der Waals surface area contributed by atoms with E-state index in [1.807, 2.05) is 0 Å². The molecule has 0 rings (SSSR count). The Labute approximate surface area is 85.0 Å². The Morgan fingerprint density at radius 1 is 1.13 bits per heavy atom. The summed E-state index contributed by atoms with van der Waals surface area (Å²) in [5.41, 5.74) is 5.22. The van der Waals surface area contributed by atoms with Crippen molar-refractivity contribution in [1.82, 2.24) is 5.32 Å². The van der Waals surface area contributed by atoms with Crippen LogP contribution in [0.1, 0.15) is 13.8 Å². The lowest BCUT2D eigenvalue weighted by Gasteiger charge is -2.25. The quantitative estimate of drug-likeness (QED) is 0.711. The second-order valence-electron chi connectivity index (χ2n) is 3.67. The molecule has 3 N–H and O–H groups in total. The van der Waals surface area contributed by atoms with Crippen molar-refractivity contribution in [3.8, 4) is 0 Å². The normalized spacial score (nSPS) is 15.8. The summed E-state index contributed by atoms with van der Waals surface area (Å²) < 4.78 is 60.2. The highest BCUT2D eigenvalue weighted by Gasteiger charge is 2.57. The lowest BCUT2D eigenvalue weighted by atomic mass is 10.0. The zero-order chi connectivity index (χ0) is 12.3. The lowest BCUT2D eigenvalue weighted by molar-refractivity contribution is -0.279. The maximum atomic E-state index is 12.5. The Balaban J connectivity index is 4.25. The van der Waals surface area contributed by atoms with Crippen LogP contribution in [0.25, 0.3) is 0 Å². The third kappa shape index (κ3) is 4.29. The molecule has 0 aliphatic carbocycles. The van der Waals surface area contributed by atoms with Crippen LogP contribution in [-0.2, 0) is 0 Å². The van der Waals surface area contributed by atoms with Gasteiger partial charge in [-0.05, 0) is 5.92 Å². The predicted octanol–water partition coefficient (Wildman–Crippen LogP) is 1.76. The van der Waals surface area contributed by atoms with Gasteiger partial charge in [0.15, 0.2) is 0 Å². The molecule has 0 aromatic carbocycles. The third-order valence-electron chi connectivity index (χ3n) is 2.06. The zero-order valence-corrected chi connectivity index (χ0v) is 8.54. The van der Waals surface area contributed by atoms with Crippen LogP contribution in [0.5, 0.6) is 0 Å². The third-order valence-corrected chi connectivity index (χ3v) is 2.06. The predicted molar refractivity (Wildman–Crippen MR) is 46.7 cm³/mol. The van der Waals surface area contributed by atoms with Crippen molar-refractivity contribution < 1.29 is 22.0 Å². The fourth-order valence-electron chi connectivity index (χ4n) is 0.951. The molecular weight excluding hydrogens is 219 g/mol. The van der Waals surface area contributed by atoms with Crippen LogP contribution in [0.3, 0.4) is 0 Å². The molecule has 0 spiro atoms. The Hall–Kier alpha value is -0.430. The van der Waals surface area contributed by atoms with Crippen molar-refractivity contribution >= 4 is 0 Å². The van der Waals surface area contributed by atoms with Crippen molar-refractivity contribution in [2.24, 2.45) is 11.7 Å². The standard InChI is InChI=1S/C8H15F5N2/c1-5(2)6(3-14)15-4-7(9,10)8(11,12)13/h5-6,15H,3-4,14H2,1-2H3. The molecule has 0 saturated heterocycles. The topological polar surface area (TPSA) is 38.0 Å². The Morgan fingerprint density at radius 3 is 1.87 bits per heavy atom. The van der Waals surface area contributed by atoms with E-state index in [4.69, 9.17) is 5.73 Å². The van der Waals surface area contributed by atoms with Crippen LogP contribution >= 0.6 is 0 Å². The number of nitrogens with one attached hydrogen (secondary N) is 1. The number of rotatable bonds is 5. The van der Waals surface area contributed by atoms with Gasteiger partial charge in [0.1, 0.15) is 0 Å². The van der Waals surface area contributed by atoms with E-state index in [0.29, 0.717) is 0 Å². The molecule has 0 aromatic rings. The molecule has 1 atom stereocenters. The van der Waals surface area contributed by atoms with Crippen LogP contribution in [-0.4, -0.2) is 31.2 Å². The summed E-state index contributed by atoms with van der Waals surface area (Å²) >= 11 is 0. The van der Waals surface area contributed by atoms with Gasteiger partial charge in [-0.25, -0.2) is 0 Å². The van der Waals surface area contributed by atoms with Gasteiger partial charge in [-0.1, -0.05) is 13.8 Å². The maximum Gasteiger partial charge on any atom is 0.454 e. The largest absolute Gasteiger partial charge is 0.454 e. The van der Waals surface area contributed by atoms with Gasteiger partial charge >= 0.3 is 12.1 Å². The molecule has 0 fully saturated rings. The van der Waals surface area contributed by atoms with Crippen LogP contribution < -0.4 is 11.1 Å². The van der Waals surface area contributed by atoms with E-state index in [2.05, 4.69) is 5.32 Å². The second kappa shape index (κ2) is 5.07. The Morgan fingerprint density at radius 2 is 1.60 bits per heavy atom. The lowest BCUT2D eigenvalue weighted by Crippen LogP contribution is -2.51. The van der Waals surface area contributed by atoms with Crippen LogP contribution in [0.4, 0.5) is 22.0 Å². The minimum Gasteiger partial charge on any atom is -0.329 e. The number of alkyl halides is 5. The molecule has 2 nitrogen and oxygen atoms in total. The molecule has 0 saturated carbocycles. The van der Waals surface area contributed by atoms with Gasteiger partial charge in [-0.2, -0.15) is 22.0 Å². The first-order valence-corrected chi connectivity index (χ1v) is 4.50. The van der Waals surface area contributed by atoms with Gasteiger partial charge in [0.05, 0.1) is 6.54 Å². The molecule has 92 valence electrons. The smallest absolute Gasteiger partial charge is 0.329 e. The number of halogens is 5. The van der Waals surface area contributed by atoms with E-state index in [9.17, 15) is 22.0 Å². The SMILES string of the molecule is CC(C)C(CN)NCC(F)(F)C(F)(F)F. The summed E-state index contributed by atoms with van der Waals surface area (Å²) in [6.07, 6.45) is -5.52. The highest BCUT2D eigenvalue weighted by atomic mass is 19.4. The fraction of sp³-hybridized carbons (Fsp3) is 1.00. The highest BCUT2D eigenvalue weighted by molar-refractivity contribution is 4.82. The van der Waals surface area contributed by atoms with Gasteiger partial charge < -0.3 is 11.1 Å². The molecular formula is C8H15F5N2. The van der Waals surface area contributed by atoms with E-state index in [0.717, 1.165) is 0 Å². The molecule has 0 aromatic heterocycles. The second-order valence-corrected chi connectivity index (χ2v) is 3.67. The molecule has 15 heavy (non-hydrogen) atoms. The zero-order valence-electron chi connectivity index (χ0n) is 8.54. The average Bonchev–Trinajstić information content (AvgIpc) is 2.02. The van der Waals surface area contributed by atoms with E-state index < -0.39 is 24.7 Å². The molecule has 0 heterocycles.